The van der Waals surface area contributed by atoms with Crippen molar-refractivity contribution in [1.82, 2.24) is 14.8 Å². The van der Waals surface area contributed by atoms with Gasteiger partial charge in [0.15, 0.2) is 5.78 Å². The molecule has 1 aliphatic carbocycles. The van der Waals surface area contributed by atoms with Crippen molar-refractivity contribution in [2.75, 3.05) is 5.32 Å². The zero-order chi connectivity index (χ0) is 19.6. The third kappa shape index (κ3) is 3.00. The second-order valence-corrected chi connectivity index (χ2v) is 7.62. The van der Waals surface area contributed by atoms with Gasteiger partial charge in [-0.05, 0) is 29.5 Å². The van der Waals surface area contributed by atoms with Crippen molar-refractivity contribution in [2.45, 2.75) is 38.9 Å². The first-order chi connectivity index (χ1) is 12.5. The van der Waals surface area contributed by atoms with Gasteiger partial charge in [0.1, 0.15) is 11.9 Å². The molecule has 0 fully saturated rings. The van der Waals surface area contributed by atoms with Crippen molar-refractivity contribution in [3.05, 3.63) is 52.7 Å². The van der Waals surface area contributed by atoms with Gasteiger partial charge < -0.3 is 5.32 Å². The summed E-state index contributed by atoms with van der Waals surface area (Å²) in [6, 6.07) is 4.49. The summed E-state index contributed by atoms with van der Waals surface area (Å²) < 4.78 is 54.2. The molecule has 2 aliphatic rings. The highest BCUT2D eigenvalue weighted by Crippen LogP contribution is 2.45. The van der Waals surface area contributed by atoms with Gasteiger partial charge in [0.2, 0.25) is 5.95 Å². The Morgan fingerprint density at radius 2 is 2.00 bits per heavy atom. The Balaban J connectivity index is 1.93. The zero-order valence-electron chi connectivity index (χ0n) is 14.6. The van der Waals surface area contributed by atoms with Gasteiger partial charge in [0.25, 0.3) is 5.82 Å². The SMILES string of the molecule is CC1(C)CC(=O)C2=C(C1)Nc1nc(C(F)(F)F)nn1[C@@H]2c1cccc(F)c1. The summed E-state index contributed by atoms with van der Waals surface area (Å²) in [6.45, 7) is 3.82. The van der Waals surface area contributed by atoms with Crippen LogP contribution in [0.4, 0.5) is 23.5 Å². The number of aromatic nitrogens is 3. The van der Waals surface area contributed by atoms with Crippen LogP contribution < -0.4 is 5.32 Å². The normalized spacial score (nSPS) is 21.6. The minimum atomic E-state index is -4.73. The molecule has 0 bridgehead atoms. The highest BCUT2D eigenvalue weighted by atomic mass is 19.4. The molecule has 1 aromatic carbocycles. The standard InChI is InChI=1S/C18H16F4N4O/c1-17(2)7-11-13(12(27)8-17)14(9-4-3-5-10(19)6-9)26-16(23-11)24-15(25-26)18(20,21)22/h3-6,14H,7-8H2,1-2H3,(H,23,24,25)/t14-/m1/s1. The highest BCUT2D eigenvalue weighted by molar-refractivity contribution is 6.00. The zero-order valence-corrected chi connectivity index (χ0v) is 14.6. The molecule has 27 heavy (non-hydrogen) atoms. The Morgan fingerprint density at radius 3 is 2.67 bits per heavy atom. The molecule has 2 aromatic rings. The molecule has 2 heterocycles. The van der Waals surface area contributed by atoms with E-state index in [1.54, 1.807) is 6.07 Å². The first-order valence-corrected chi connectivity index (χ1v) is 8.38. The maximum Gasteiger partial charge on any atom is 0.453 e. The predicted molar refractivity (Wildman–Crippen MR) is 88.2 cm³/mol. The summed E-state index contributed by atoms with van der Waals surface area (Å²) in [6.07, 6.45) is -4.02. The van der Waals surface area contributed by atoms with E-state index in [0.29, 0.717) is 23.3 Å². The van der Waals surface area contributed by atoms with Crippen LogP contribution in [0.1, 0.15) is 44.1 Å². The third-order valence-electron chi connectivity index (χ3n) is 4.75. The van der Waals surface area contributed by atoms with E-state index in [0.717, 1.165) is 4.68 Å². The van der Waals surface area contributed by atoms with Gasteiger partial charge in [-0.3, -0.25) is 4.79 Å². The van der Waals surface area contributed by atoms with Crippen molar-refractivity contribution in [2.24, 2.45) is 5.41 Å². The second kappa shape index (κ2) is 5.64. The number of carbonyl (C=O) groups is 1. The smallest absolute Gasteiger partial charge is 0.328 e. The third-order valence-corrected chi connectivity index (χ3v) is 4.75. The molecule has 1 aliphatic heterocycles. The largest absolute Gasteiger partial charge is 0.453 e. The number of alkyl halides is 3. The Bertz CT molecular complexity index is 974. The highest BCUT2D eigenvalue weighted by Gasteiger charge is 2.44. The number of halogens is 4. The summed E-state index contributed by atoms with van der Waals surface area (Å²) in [4.78, 5) is 16.4. The molecule has 5 nitrogen and oxygen atoms in total. The van der Waals surface area contributed by atoms with E-state index in [2.05, 4.69) is 15.4 Å². The van der Waals surface area contributed by atoms with Gasteiger partial charge in [-0.25, -0.2) is 9.07 Å². The van der Waals surface area contributed by atoms with Crippen LogP contribution in [0.25, 0.3) is 0 Å². The van der Waals surface area contributed by atoms with Gasteiger partial charge in [0, 0.05) is 17.7 Å². The van der Waals surface area contributed by atoms with Gasteiger partial charge in [-0.2, -0.15) is 18.2 Å². The quantitative estimate of drug-likeness (QED) is 0.757. The number of hydrogen-bond acceptors (Lipinski definition) is 4. The molecule has 4 rings (SSSR count). The topological polar surface area (TPSA) is 59.8 Å². The number of nitrogens with one attached hydrogen (secondary N) is 1. The Hall–Kier alpha value is -2.71. The fourth-order valence-corrected chi connectivity index (χ4v) is 3.71. The monoisotopic (exact) mass is 380 g/mol. The first-order valence-electron chi connectivity index (χ1n) is 8.38. The van der Waals surface area contributed by atoms with Crippen molar-refractivity contribution < 1.29 is 22.4 Å². The molecule has 0 saturated heterocycles. The molecule has 1 atom stereocenters. The van der Waals surface area contributed by atoms with Crippen molar-refractivity contribution in [3.63, 3.8) is 0 Å². The van der Waals surface area contributed by atoms with Crippen LogP contribution in [-0.4, -0.2) is 20.5 Å². The van der Waals surface area contributed by atoms with Crippen LogP contribution in [0.15, 0.2) is 35.5 Å². The number of fused-ring (bicyclic) bond motifs is 1. The van der Waals surface area contributed by atoms with E-state index in [1.165, 1.54) is 18.2 Å². The number of hydrogen-bond donors (Lipinski definition) is 1. The lowest BCUT2D eigenvalue weighted by atomic mass is 9.73. The van der Waals surface area contributed by atoms with Gasteiger partial charge in [-0.1, -0.05) is 26.0 Å². The summed E-state index contributed by atoms with van der Waals surface area (Å²) in [5, 5.41) is 6.43. The number of nitrogens with zero attached hydrogens (tertiary/aromatic N) is 3. The molecule has 0 radical (unpaired) electrons. The van der Waals surface area contributed by atoms with Crippen LogP contribution in [0.2, 0.25) is 0 Å². The minimum Gasteiger partial charge on any atom is -0.328 e. The average molecular weight is 380 g/mol. The summed E-state index contributed by atoms with van der Waals surface area (Å²) in [5.74, 6) is -2.16. The van der Waals surface area contributed by atoms with Crippen molar-refractivity contribution >= 4 is 11.7 Å². The lowest BCUT2D eigenvalue weighted by Gasteiger charge is -2.38. The van der Waals surface area contributed by atoms with Crippen LogP contribution in [-0.2, 0) is 11.0 Å². The Kier molecular flexibility index (Phi) is 3.70. The summed E-state index contributed by atoms with van der Waals surface area (Å²) in [7, 11) is 0. The molecule has 1 N–H and O–H groups in total. The number of rotatable bonds is 1. The molecule has 0 spiro atoms. The average Bonchev–Trinajstić information content (AvgIpc) is 2.95. The lowest BCUT2D eigenvalue weighted by molar-refractivity contribution is -0.145. The van der Waals surface area contributed by atoms with E-state index in [9.17, 15) is 22.4 Å². The van der Waals surface area contributed by atoms with Gasteiger partial charge in [-0.15, -0.1) is 5.10 Å². The second-order valence-electron chi connectivity index (χ2n) is 7.62. The number of ketones is 1. The maximum absolute atomic E-state index is 13.8. The molecule has 1 aromatic heterocycles. The van der Waals surface area contributed by atoms with Crippen LogP contribution in [0.5, 0.6) is 0 Å². The van der Waals surface area contributed by atoms with Gasteiger partial charge >= 0.3 is 6.18 Å². The number of allylic oxidation sites excluding steroid dienone is 2. The molecule has 9 heteroatoms. The number of carbonyl (C=O) groups excluding carboxylic acids is 1. The number of anilines is 1. The Morgan fingerprint density at radius 1 is 1.26 bits per heavy atom. The Labute approximate surface area is 152 Å². The van der Waals surface area contributed by atoms with E-state index in [1.807, 2.05) is 13.8 Å². The van der Waals surface area contributed by atoms with E-state index < -0.39 is 23.9 Å². The van der Waals surface area contributed by atoms with Crippen molar-refractivity contribution in [1.29, 1.82) is 0 Å². The van der Waals surface area contributed by atoms with E-state index in [4.69, 9.17) is 0 Å². The molecule has 0 saturated carbocycles. The summed E-state index contributed by atoms with van der Waals surface area (Å²) >= 11 is 0. The molecule has 0 unspecified atom stereocenters. The number of Topliss-reactive ketones (excluding diaryl/α,β-unsaturated/α-hetero) is 1. The lowest BCUT2D eigenvalue weighted by Crippen LogP contribution is -2.36. The molecule has 142 valence electrons. The minimum absolute atomic E-state index is 0.110. The van der Waals surface area contributed by atoms with Crippen LogP contribution >= 0.6 is 0 Å². The molecule has 0 amide bonds. The first kappa shape index (κ1) is 17.7. The maximum atomic E-state index is 13.8. The van der Waals surface area contributed by atoms with Crippen LogP contribution in [0.3, 0.4) is 0 Å². The van der Waals surface area contributed by atoms with Gasteiger partial charge in [0.05, 0.1) is 0 Å². The predicted octanol–water partition coefficient (Wildman–Crippen LogP) is 4.09. The summed E-state index contributed by atoms with van der Waals surface area (Å²) in [5.41, 5.74) is 0.826. The molecular weight excluding hydrogens is 364 g/mol. The van der Waals surface area contributed by atoms with E-state index in [-0.39, 0.29) is 23.6 Å². The van der Waals surface area contributed by atoms with Crippen LogP contribution in [0, 0.1) is 11.2 Å². The fraction of sp³-hybridized carbons (Fsp3) is 0.389. The van der Waals surface area contributed by atoms with Crippen molar-refractivity contribution in [3.8, 4) is 0 Å². The van der Waals surface area contributed by atoms with E-state index >= 15 is 0 Å². The molecular formula is C18H16F4N4O. The fourth-order valence-electron chi connectivity index (χ4n) is 3.71. The number of benzene rings is 1.